The minimum Gasteiger partial charge on any atom is -0.293 e. The molecule has 14 heavy (non-hydrogen) atoms. The minimum absolute atomic E-state index is 0.00583. The van der Waals surface area contributed by atoms with Crippen molar-refractivity contribution < 1.29 is 4.79 Å². The summed E-state index contributed by atoms with van der Waals surface area (Å²) in [4.78, 5) is 15.4. The maximum Gasteiger partial charge on any atom is 0.178 e. The summed E-state index contributed by atoms with van der Waals surface area (Å²) < 4.78 is 0.986. The fourth-order valence-corrected chi connectivity index (χ4v) is 1.95. The number of hydrogen-bond acceptors (Lipinski definition) is 2. The van der Waals surface area contributed by atoms with Gasteiger partial charge in [-0.1, -0.05) is 28.1 Å². The lowest BCUT2D eigenvalue weighted by atomic mass is 10.1. The average Bonchev–Trinajstić information content (AvgIpc) is 2.17. The third kappa shape index (κ3) is 1.44. The van der Waals surface area contributed by atoms with Crippen LogP contribution in [0.25, 0.3) is 10.8 Å². The van der Waals surface area contributed by atoms with E-state index in [0.717, 1.165) is 15.2 Å². The Bertz CT molecular complexity index is 508. The van der Waals surface area contributed by atoms with Crippen molar-refractivity contribution in [2.75, 3.05) is 0 Å². The van der Waals surface area contributed by atoms with Crippen LogP contribution in [-0.4, -0.2) is 10.8 Å². The number of carbonyl (C=O) groups excluding carboxylic acids is 1. The van der Waals surface area contributed by atoms with E-state index < -0.39 is 0 Å². The van der Waals surface area contributed by atoms with Crippen molar-refractivity contribution in [2.24, 2.45) is 0 Å². The van der Waals surface area contributed by atoms with Crippen LogP contribution in [0.1, 0.15) is 17.4 Å². The second-order valence-corrected chi connectivity index (χ2v) is 3.91. The Balaban J connectivity index is 2.88. The topological polar surface area (TPSA) is 30.0 Å². The molecule has 1 heterocycles. The Kier molecular flexibility index (Phi) is 2.33. The largest absolute Gasteiger partial charge is 0.293 e. The molecule has 2 rings (SSSR count). The molecule has 1 aromatic heterocycles. The number of Topliss-reactive ketones (excluding diaryl/α,β-unsaturated/α-hetero) is 1. The highest BCUT2D eigenvalue weighted by molar-refractivity contribution is 9.10. The van der Waals surface area contributed by atoms with Gasteiger partial charge >= 0.3 is 0 Å². The molecule has 2 nitrogen and oxygen atoms in total. The van der Waals surface area contributed by atoms with Gasteiger partial charge < -0.3 is 0 Å². The highest BCUT2D eigenvalue weighted by Crippen LogP contribution is 2.25. The number of rotatable bonds is 1. The molecule has 0 saturated carbocycles. The molecule has 0 amide bonds. The van der Waals surface area contributed by atoms with Crippen LogP contribution in [0.4, 0.5) is 0 Å². The predicted molar refractivity (Wildman–Crippen MR) is 59.4 cm³/mol. The molecule has 1 aromatic carbocycles. The molecule has 0 saturated heterocycles. The normalized spacial score (nSPS) is 10.4. The van der Waals surface area contributed by atoms with Gasteiger partial charge in [0.05, 0.1) is 0 Å². The van der Waals surface area contributed by atoms with Crippen LogP contribution in [0.5, 0.6) is 0 Å². The molecule has 0 spiro atoms. The number of fused-ring (bicyclic) bond motifs is 1. The van der Waals surface area contributed by atoms with Gasteiger partial charge in [0.15, 0.2) is 5.78 Å². The highest BCUT2D eigenvalue weighted by Gasteiger charge is 2.07. The SMILES string of the molecule is CC(=O)c1nccc2c(Br)cccc12. The first-order chi connectivity index (χ1) is 6.70. The van der Waals surface area contributed by atoms with Crippen LogP contribution < -0.4 is 0 Å². The van der Waals surface area contributed by atoms with Gasteiger partial charge in [-0.05, 0) is 17.5 Å². The third-order valence-electron chi connectivity index (χ3n) is 2.09. The lowest BCUT2D eigenvalue weighted by molar-refractivity contribution is 0.101. The first kappa shape index (κ1) is 9.34. The third-order valence-corrected chi connectivity index (χ3v) is 2.78. The molecule has 0 fully saturated rings. The van der Waals surface area contributed by atoms with Gasteiger partial charge in [-0.15, -0.1) is 0 Å². The lowest BCUT2D eigenvalue weighted by Gasteiger charge is -2.03. The first-order valence-corrected chi connectivity index (χ1v) is 5.03. The van der Waals surface area contributed by atoms with Gasteiger partial charge in [-0.3, -0.25) is 9.78 Å². The number of hydrogen-bond donors (Lipinski definition) is 0. The molecule has 0 aliphatic rings. The smallest absolute Gasteiger partial charge is 0.178 e. The van der Waals surface area contributed by atoms with E-state index in [4.69, 9.17) is 0 Å². The molecule has 0 aliphatic carbocycles. The van der Waals surface area contributed by atoms with Crippen molar-refractivity contribution in [1.82, 2.24) is 4.98 Å². The van der Waals surface area contributed by atoms with E-state index in [1.54, 1.807) is 6.20 Å². The zero-order valence-electron chi connectivity index (χ0n) is 7.62. The Labute approximate surface area is 90.1 Å². The standard InChI is InChI=1S/C11H8BrNO/c1-7(14)11-9-3-2-4-10(12)8(9)5-6-13-11/h2-6H,1H3. The Morgan fingerprint density at radius 3 is 2.79 bits per heavy atom. The number of halogens is 1. The minimum atomic E-state index is -0.00583. The molecule has 0 N–H and O–H groups in total. The summed E-state index contributed by atoms with van der Waals surface area (Å²) in [6.45, 7) is 1.53. The molecule has 2 aromatic rings. The molecule has 0 aliphatic heterocycles. The summed E-state index contributed by atoms with van der Waals surface area (Å²) in [6, 6.07) is 7.66. The van der Waals surface area contributed by atoms with Crippen LogP contribution in [0, 0.1) is 0 Å². The molecule has 3 heteroatoms. The highest BCUT2D eigenvalue weighted by atomic mass is 79.9. The van der Waals surface area contributed by atoms with E-state index in [2.05, 4.69) is 20.9 Å². The summed E-state index contributed by atoms with van der Waals surface area (Å²) in [7, 11) is 0. The summed E-state index contributed by atoms with van der Waals surface area (Å²) in [5.74, 6) is -0.00583. The molecule has 0 radical (unpaired) electrons. The zero-order valence-corrected chi connectivity index (χ0v) is 9.21. The Morgan fingerprint density at radius 2 is 2.07 bits per heavy atom. The quantitative estimate of drug-likeness (QED) is 0.727. The summed E-state index contributed by atoms with van der Waals surface area (Å²) in [5.41, 5.74) is 0.531. The van der Waals surface area contributed by atoms with Crippen molar-refractivity contribution in [3.05, 3.63) is 40.6 Å². The Hall–Kier alpha value is -1.22. The average molecular weight is 250 g/mol. The monoisotopic (exact) mass is 249 g/mol. The molecular formula is C11H8BrNO. The van der Waals surface area contributed by atoms with Gasteiger partial charge in [-0.2, -0.15) is 0 Å². The summed E-state index contributed by atoms with van der Waals surface area (Å²) in [6.07, 6.45) is 1.66. The molecule has 0 atom stereocenters. The van der Waals surface area contributed by atoms with Crippen molar-refractivity contribution in [2.45, 2.75) is 6.92 Å². The fourth-order valence-electron chi connectivity index (χ4n) is 1.45. The zero-order chi connectivity index (χ0) is 10.1. The van der Waals surface area contributed by atoms with Gasteiger partial charge in [0.1, 0.15) is 5.69 Å². The van der Waals surface area contributed by atoms with Crippen LogP contribution in [0.3, 0.4) is 0 Å². The van der Waals surface area contributed by atoms with E-state index in [0.29, 0.717) is 5.69 Å². The van der Waals surface area contributed by atoms with Crippen LogP contribution in [-0.2, 0) is 0 Å². The van der Waals surface area contributed by atoms with E-state index >= 15 is 0 Å². The van der Waals surface area contributed by atoms with Gasteiger partial charge in [0, 0.05) is 23.0 Å². The van der Waals surface area contributed by atoms with Crippen LogP contribution >= 0.6 is 15.9 Å². The summed E-state index contributed by atoms with van der Waals surface area (Å²) in [5, 5.41) is 1.92. The summed E-state index contributed by atoms with van der Waals surface area (Å²) >= 11 is 3.44. The van der Waals surface area contributed by atoms with Crippen LogP contribution in [0.15, 0.2) is 34.9 Å². The maximum absolute atomic E-state index is 11.3. The molecular weight excluding hydrogens is 242 g/mol. The van der Waals surface area contributed by atoms with Crippen molar-refractivity contribution in [1.29, 1.82) is 0 Å². The number of benzene rings is 1. The van der Waals surface area contributed by atoms with E-state index in [1.165, 1.54) is 6.92 Å². The second kappa shape index (κ2) is 3.50. The molecule has 0 bridgehead atoms. The van der Waals surface area contributed by atoms with Crippen molar-refractivity contribution in [3.8, 4) is 0 Å². The first-order valence-electron chi connectivity index (χ1n) is 4.24. The van der Waals surface area contributed by atoms with E-state index in [9.17, 15) is 4.79 Å². The van der Waals surface area contributed by atoms with Crippen molar-refractivity contribution >= 4 is 32.5 Å². The fraction of sp³-hybridized carbons (Fsp3) is 0.0909. The second-order valence-electron chi connectivity index (χ2n) is 3.05. The van der Waals surface area contributed by atoms with Gasteiger partial charge in [-0.25, -0.2) is 0 Å². The number of aromatic nitrogens is 1. The Morgan fingerprint density at radius 1 is 1.29 bits per heavy atom. The number of carbonyl (C=O) groups is 1. The number of pyridine rings is 1. The van der Waals surface area contributed by atoms with E-state index in [1.807, 2.05) is 24.3 Å². The predicted octanol–water partition coefficient (Wildman–Crippen LogP) is 3.20. The molecule has 0 unspecified atom stereocenters. The van der Waals surface area contributed by atoms with Gasteiger partial charge in [0.25, 0.3) is 0 Å². The number of nitrogens with zero attached hydrogens (tertiary/aromatic N) is 1. The molecule has 70 valence electrons. The number of ketones is 1. The van der Waals surface area contributed by atoms with Crippen LogP contribution in [0.2, 0.25) is 0 Å². The van der Waals surface area contributed by atoms with Gasteiger partial charge in [0.2, 0.25) is 0 Å². The van der Waals surface area contributed by atoms with Crippen molar-refractivity contribution in [3.63, 3.8) is 0 Å². The maximum atomic E-state index is 11.3. The lowest BCUT2D eigenvalue weighted by Crippen LogP contribution is -1.97. The van der Waals surface area contributed by atoms with E-state index in [-0.39, 0.29) is 5.78 Å².